The van der Waals surface area contributed by atoms with Gasteiger partial charge >= 0.3 is 0 Å². The first-order valence-electron chi connectivity index (χ1n) is 6.12. The molecule has 1 amide bonds. The third-order valence-electron chi connectivity index (χ3n) is 2.02. The van der Waals surface area contributed by atoms with Crippen molar-refractivity contribution in [2.75, 3.05) is 13.1 Å². The highest BCUT2D eigenvalue weighted by atomic mass is 16.1. The molecule has 0 bridgehead atoms. The van der Waals surface area contributed by atoms with E-state index in [1.54, 1.807) is 0 Å². The van der Waals surface area contributed by atoms with Gasteiger partial charge < -0.3 is 10.6 Å². The summed E-state index contributed by atoms with van der Waals surface area (Å²) in [4.78, 5) is 11.5. The zero-order valence-corrected chi connectivity index (χ0v) is 11.7. The van der Waals surface area contributed by atoms with Crippen molar-refractivity contribution >= 4 is 5.91 Å². The van der Waals surface area contributed by atoms with E-state index in [-0.39, 0.29) is 16.9 Å². The molecular weight excluding hydrogens is 200 g/mol. The van der Waals surface area contributed by atoms with Crippen LogP contribution in [0, 0.1) is 5.41 Å². The molecule has 0 aromatic rings. The van der Waals surface area contributed by atoms with Gasteiger partial charge in [0, 0.05) is 18.5 Å². The molecule has 0 fully saturated rings. The molecule has 0 saturated carbocycles. The van der Waals surface area contributed by atoms with E-state index < -0.39 is 0 Å². The lowest BCUT2D eigenvalue weighted by Crippen LogP contribution is -2.38. The maximum absolute atomic E-state index is 11.5. The minimum absolute atomic E-state index is 0.0771. The zero-order valence-electron chi connectivity index (χ0n) is 11.7. The van der Waals surface area contributed by atoms with Crippen molar-refractivity contribution in [1.29, 1.82) is 0 Å². The molecule has 2 N–H and O–H groups in total. The Balaban J connectivity index is 3.50. The summed E-state index contributed by atoms with van der Waals surface area (Å²) in [5.74, 6) is 0.156. The van der Waals surface area contributed by atoms with Crippen LogP contribution in [0.25, 0.3) is 0 Å². The van der Waals surface area contributed by atoms with Crippen LogP contribution in [-0.2, 0) is 4.79 Å². The largest absolute Gasteiger partial charge is 0.356 e. The van der Waals surface area contributed by atoms with Gasteiger partial charge in [-0.25, -0.2) is 0 Å². The smallest absolute Gasteiger partial charge is 0.220 e. The SMILES string of the molecule is CC(C)(C)CC(=O)NCCCNC(C)(C)C. The summed E-state index contributed by atoms with van der Waals surface area (Å²) in [6.45, 7) is 14.4. The van der Waals surface area contributed by atoms with Gasteiger partial charge in [0.2, 0.25) is 5.91 Å². The van der Waals surface area contributed by atoms with E-state index in [1.165, 1.54) is 0 Å². The monoisotopic (exact) mass is 228 g/mol. The first-order valence-corrected chi connectivity index (χ1v) is 6.12. The second kappa shape index (κ2) is 6.24. The van der Waals surface area contributed by atoms with E-state index in [0.717, 1.165) is 19.5 Å². The van der Waals surface area contributed by atoms with Crippen molar-refractivity contribution < 1.29 is 4.79 Å². The van der Waals surface area contributed by atoms with Crippen LogP contribution in [0.2, 0.25) is 0 Å². The molecule has 0 rings (SSSR count). The van der Waals surface area contributed by atoms with Crippen LogP contribution in [0.5, 0.6) is 0 Å². The zero-order chi connectivity index (χ0) is 12.8. The fraction of sp³-hybridized carbons (Fsp3) is 0.923. The number of nitrogens with one attached hydrogen (secondary N) is 2. The molecule has 3 heteroatoms. The topological polar surface area (TPSA) is 41.1 Å². The van der Waals surface area contributed by atoms with E-state index in [4.69, 9.17) is 0 Å². The van der Waals surface area contributed by atoms with Crippen LogP contribution >= 0.6 is 0 Å². The summed E-state index contributed by atoms with van der Waals surface area (Å²) >= 11 is 0. The highest BCUT2D eigenvalue weighted by molar-refractivity contribution is 5.76. The van der Waals surface area contributed by atoms with E-state index in [1.807, 2.05) is 0 Å². The van der Waals surface area contributed by atoms with Gasteiger partial charge in [0.05, 0.1) is 0 Å². The standard InChI is InChI=1S/C13H28N2O/c1-12(2,3)10-11(16)14-8-7-9-15-13(4,5)6/h15H,7-10H2,1-6H3,(H,14,16). The molecule has 0 saturated heterocycles. The van der Waals surface area contributed by atoms with Gasteiger partial charge in [-0.15, -0.1) is 0 Å². The fourth-order valence-corrected chi connectivity index (χ4v) is 1.32. The Morgan fingerprint density at radius 1 is 1.00 bits per heavy atom. The Bertz CT molecular complexity index is 211. The van der Waals surface area contributed by atoms with E-state index >= 15 is 0 Å². The van der Waals surface area contributed by atoms with Crippen molar-refractivity contribution in [3.8, 4) is 0 Å². The Morgan fingerprint density at radius 2 is 1.56 bits per heavy atom. The number of carbonyl (C=O) groups is 1. The average Bonchev–Trinajstić information content (AvgIpc) is 1.97. The molecule has 3 nitrogen and oxygen atoms in total. The maximum atomic E-state index is 11.5. The van der Waals surface area contributed by atoms with Gasteiger partial charge in [0.15, 0.2) is 0 Å². The summed E-state index contributed by atoms with van der Waals surface area (Å²) < 4.78 is 0. The molecule has 0 spiro atoms. The van der Waals surface area contributed by atoms with Gasteiger partial charge in [0.1, 0.15) is 0 Å². The maximum Gasteiger partial charge on any atom is 0.220 e. The quantitative estimate of drug-likeness (QED) is 0.709. The van der Waals surface area contributed by atoms with Crippen LogP contribution in [-0.4, -0.2) is 24.5 Å². The highest BCUT2D eigenvalue weighted by Gasteiger charge is 2.15. The van der Waals surface area contributed by atoms with Crippen LogP contribution in [0.3, 0.4) is 0 Å². The number of hydrogen-bond donors (Lipinski definition) is 2. The highest BCUT2D eigenvalue weighted by Crippen LogP contribution is 2.17. The molecule has 16 heavy (non-hydrogen) atoms. The molecule has 0 aromatic carbocycles. The molecule has 0 unspecified atom stereocenters. The first-order chi connectivity index (χ1) is 7.10. The molecule has 0 aliphatic rings. The molecule has 0 aromatic heterocycles. The summed E-state index contributed by atoms with van der Waals surface area (Å²) in [6, 6.07) is 0. The van der Waals surface area contributed by atoms with E-state index in [9.17, 15) is 4.79 Å². The third-order valence-corrected chi connectivity index (χ3v) is 2.02. The minimum atomic E-state index is 0.0771. The van der Waals surface area contributed by atoms with Gasteiger partial charge in [-0.05, 0) is 39.2 Å². The second-order valence-corrected chi connectivity index (χ2v) is 6.62. The van der Waals surface area contributed by atoms with Gasteiger partial charge in [-0.2, -0.15) is 0 Å². The Labute approximate surface area is 100 Å². The summed E-state index contributed by atoms with van der Waals surface area (Å²) in [6.07, 6.45) is 1.58. The lowest BCUT2D eigenvalue weighted by Gasteiger charge is -2.21. The molecular formula is C13H28N2O. The van der Waals surface area contributed by atoms with Crippen LogP contribution < -0.4 is 10.6 Å². The fourth-order valence-electron chi connectivity index (χ4n) is 1.32. The summed E-state index contributed by atoms with van der Waals surface area (Å²) in [5, 5.41) is 6.34. The third kappa shape index (κ3) is 11.5. The number of amides is 1. The van der Waals surface area contributed by atoms with Crippen LogP contribution in [0.15, 0.2) is 0 Å². The number of carbonyl (C=O) groups excluding carboxylic acids is 1. The van der Waals surface area contributed by atoms with Crippen molar-refractivity contribution in [2.24, 2.45) is 5.41 Å². The van der Waals surface area contributed by atoms with Gasteiger partial charge in [0.25, 0.3) is 0 Å². The summed E-state index contributed by atoms with van der Waals surface area (Å²) in [5.41, 5.74) is 0.239. The van der Waals surface area contributed by atoms with Crippen LogP contribution in [0.1, 0.15) is 54.4 Å². The molecule has 96 valence electrons. The van der Waals surface area contributed by atoms with Gasteiger partial charge in [-0.1, -0.05) is 20.8 Å². The van der Waals surface area contributed by atoms with Gasteiger partial charge in [-0.3, -0.25) is 4.79 Å². The Morgan fingerprint density at radius 3 is 2.00 bits per heavy atom. The lowest BCUT2D eigenvalue weighted by molar-refractivity contribution is -0.122. The normalized spacial score (nSPS) is 12.6. The molecule has 0 heterocycles. The Kier molecular flexibility index (Phi) is 6.01. The lowest BCUT2D eigenvalue weighted by atomic mass is 9.92. The van der Waals surface area contributed by atoms with Crippen molar-refractivity contribution in [3.05, 3.63) is 0 Å². The Hall–Kier alpha value is -0.570. The second-order valence-electron chi connectivity index (χ2n) is 6.62. The average molecular weight is 228 g/mol. The molecule has 0 aliphatic heterocycles. The molecule has 0 radical (unpaired) electrons. The molecule has 0 atom stereocenters. The van der Waals surface area contributed by atoms with Crippen molar-refractivity contribution in [1.82, 2.24) is 10.6 Å². The van der Waals surface area contributed by atoms with E-state index in [0.29, 0.717) is 6.42 Å². The predicted molar refractivity (Wildman–Crippen MR) is 69.5 cm³/mol. The predicted octanol–water partition coefficient (Wildman–Crippen LogP) is 2.32. The van der Waals surface area contributed by atoms with Crippen molar-refractivity contribution in [2.45, 2.75) is 59.9 Å². The molecule has 0 aliphatic carbocycles. The minimum Gasteiger partial charge on any atom is -0.356 e. The van der Waals surface area contributed by atoms with E-state index in [2.05, 4.69) is 52.2 Å². The number of rotatable bonds is 5. The summed E-state index contributed by atoms with van der Waals surface area (Å²) in [7, 11) is 0. The van der Waals surface area contributed by atoms with Crippen molar-refractivity contribution in [3.63, 3.8) is 0 Å². The van der Waals surface area contributed by atoms with Crippen LogP contribution in [0.4, 0.5) is 0 Å². The number of hydrogen-bond acceptors (Lipinski definition) is 2. The first kappa shape index (κ1) is 15.4.